The average molecular weight is 729 g/mol. The van der Waals surface area contributed by atoms with Crippen molar-refractivity contribution in [3.63, 3.8) is 0 Å². The first-order chi connectivity index (χ1) is 28.3. The summed E-state index contributed by atoms with van der Waals surface area (Å²) >= 11 is 0. The first-order valence-corrected chi connectivity index (χ1v) is 19.4. The maximum atomic E-state index is 6.98. The summed E-state index contributed by atoms with van der Waals surface area (Å²) in [7, 11) is 0. The first kappa shape index (κ1) is 32.8. The zero-order chi connectivity index (χ0) is 37.7. The van der Waals surface area contributed by atoms with Crippen LogP contribution in [0.15, 0.2) is 223 Å². The molecule has 0 amide bonds. The molecule has 0 aliphatic rings. The molecule has 0 unspecified atom stereocenters. The van der Waals surface area contributed by atoms with Crippen LogP contribution in [0.25, 0.3) is 82.8 Å². The van der Waals surface area contributed by atoms with E-state index in [4.69, 9.17) is 4.42 Å². The molecule has 0 saturated carbocycles. The van der Waals surface area contributed by atoms with E-state index in [2.05, 4.69) is 228 Å². The third-order valence-electron chi connectivity index (χ3n) is 11.2. The normalized spacial score (nSPS) is 11.5. The molecule has 268 valence electrons. The lowest BCUT2D eigenvalue weighted by Crippen LogP contribution is -2.11. The van der Waals surface area contributed by atoms with E-state index in [9.17, 15) is 0 Å². The van der Waals surface area contributed by atoms with Crippen molar-refractivity contribution in [2.24, 2.45) is 0 Å². The number of benzene rings is 9. The molecule has 0 aliphatic carbocycles. The van der Waals surface area contributed by atoms with E-state index in [1.807, 2.05) is 0 Å². The van der Waals surface area contributed by atoms with Gasteiger partial charge in [-0.1, -0.05) is 164 Å². The lowest BCUT2D eigenvalue weighted by atomic mass is 9.96. The summed E-state index contributed by atoms with van der Waals surface area (Å²) in [6, 6.07) is 77.9. The smallest absolute Gasteiger partial charge is 0.145 e. The van der Waals surface area contributed by atoms with Crippen LogP contribution in [0.1, 0.15) is 0 Å². The minimum atomic E-state index is 0.854. The zero-order valence-corrected chi connectivity index (χ0v) is 31.1. The molecule has 0 aliphatic heterocycles. The summed E-state index contributed by atoms with van der Waals surface area (Å²) in [5.41, 5.74) is 15.2. The molecule has 57 heavy (non-hydrogen) atoms. The summed E-state index contributed by atoms with van der Waals surface area (Å²) in [4.78, 5) is 2.40. The predicted octanol–water partition coefficient (Wildman–Crippen LogP) is 15.2. The number of furan rings is 1. The maximum absolute atomic E-state index is 6.98. The van der Waals surface area contributed by atoms with Gasteiger partial charge in [-0.05, 0) is 71.3 Å². The molecule has 0 atom stereocenters. The van der Waals surface area contributed by atoms with Crippen LogP contribution in [0.3, 0.4) is 0 Å². The molecule has 0 radical (unpaired) electrons. The maximum Gasteiger partial charge on any atom is 0.145 e. The van der Waals surface area contributed by atoms with Crippen LogP contribution in [0.5, 0.6) is 0 Å². The molecular weight excluding hydrogens is 693 g/mol. The minimum Gasteiger partial charge on any atom is -0.455 e. The van der Waals surface area contributed by atoms with Gasteiger partial charge >= 0.3 is 0 Å². The number of rotatable bonds is 7. The van der Waals surface area contributed by atoms with Gasteiger partial charge in [0.05, 0.1) is 33.5 Å². The second-order valence-corrected chi connectivity index (χ2v) is 14.5. The first-order valence-electron chi connectivity index (χ1n) is 19.4. The monoisotopic (exact) mass is 728 g/mol. The second kappa shape index (κ2) is 13.6. The molecule has 2 aromatic heterocycles. The van der Waals surface area contributed by atoms with E-state index >= 15 is 0 Å². The highest BCUT2D eigenvalue weighted by molar-refractivity contribution is 6.18. The summed E-state index contributed by atoms with van der Waals surface area (Å²) in [6.07, 6.45) is 0. The van der Waals surface area contributed by atoms with Crippen LogP contribution < -0.4 is 4.90 Å². The standard InChI is InChI=1S/C54H36N2O/c1-3-17-37(18-4-1)38-31-33-39(34-32-38)41-21-7-12-26-47(41)55(40-19-5-2-6-20-40)51-36-35-45(54-53(51)46-25-11-16-30-52(46)57-54)44-24-10-15-29-50(44)56-48-27-13-8-22-42(48)43-23-9-14-28-49(43)56/h1-36H. The van der Waals surface area contributed by atoms with Crippen LogP contribution in [0.2, 0.25) is 0 Å². The highest BCUT2D eigenvalue weighted by atomic mass is 16.3. The van der Waals surface area contributed by atoms with Crippen LogP contribution in [0, 0.1) is 0 Å². The lowest BCUT2D eigenvalue weighted by Gasteiger charge is -2.29. The molecule has 2 heterocycles. The Bertz CT molecular complexity index is 3180. The summed E-state index contributed by atoms with van der Waals surface area (Å²) in [5, 5.41) is 4.61. The van der Waals surface area contributed by atoms with Gasteiger partial charge in [-0.2, -0.15) is 0 Å². The van der Waals surface area contributed by atoms with Crippen molar-refractivity contribution in [2.75, 3.05) is 4.90 Å². The van der Waals surface area contributed by atoms with Gasteiger partial charge < -0.3 is 13.9 Å². The number of aromatic nitrogens is 1. The average Bonchev–Trinajstić information content (AvgIpc) is 3.84. The van der Waals surface area contributed by atoms with E-state index in [1.165, 1.54) is 32.9 Å². The van der Waals surface area contributed by atoms with Gasteiger partial charge in [0.1, 0.15) is 11.2 Å². The Hall–Kier alpha value is -7.62. The van der Waals surface area contributed by atoms with Crippen molar-refractivity contribution in [3.05, 3.63) is 218 Å². The van der Waals surface area contributed by atoms with Crippen molar-refractivity contribution in [3.8, 4) is 39.1 Å². The van der Waals surface area contributed by atoms with Gasteiger partial charge in [0.25, 0.3) is 0 Å². The number of hydrogen-bond acceptors (Lipinski definition) is 2. The Kier molecular flexibility index (Phi) is 7.82. The molecule has 0 saturated heterocycles. The number of nitrogens with zero attached hydrogens (tertiary/aromatic N) is 2. The van der Waals surface area contributed by atoms with Gasteiger partial charge in [-0.15, -0.1) is 0 Å². The molecule has 0 bridgehead atoms. The SMILES string of the molecule is c1ccc(-c2ccc(-c3ccccc3N(c3ccccc3)c3ccc(-c4ccccc4-n4c5ccccc5c5ccccc54)c4oc5ccccc5c34)cc2)cc1. The van der Waals surface area contributed by atoms with Crippen LogP contribution in [0.4, 0.5) is 17.1 Å². The topological polar surface area (TPSA) is 21.3 Å². The molecule has 11 aromatic rings. The molecule has 0 fully saturated rings. The molecule has 3 heteroatoms. The third-order valence-corrected chi connectivity index (χ3v) is 11.2. The van der Waals surface area contributed by atoms with E-state index in [0.29, 0.717) is 0 Å². The molecule has 0 spiro atoms. The second-order valence-electron chi connectivity index (χ2n) is 14.5. The van der Waals surface area contributed by atoms with Crippen molar-refractivity contribution < 1.29 is 4.42 Å². The Labute approximate surface area is 330 Å². The lowest BCUT2D eigenvalue weighted by molar-refractivity contribution is 0.670. The van der Waals surface area contributed by atoms with E-state index in [0.717, 1.165) is 66.9 Å². The fourth-order valence-electron chi connectivity index (χ4n) is 8.66. The number of anilines is 3. The minimum absolute atomic E-state index is 0.854. The Balaban J connectivity index is 1.15. The van der Waals surface area contributed by atoms with Gasteiger partial charge in [-0.25, -0.2) is 0 Å². The van der Waals surface area contributed by atoms with Gasteiger partial charge in [0.15, 0.2) is 0 Å². The van der Waals surface area contributed by atoms with Crippen molar-refractivity contribution in [1.82, 2.24) is 4.57 Å². The quantitative estimate of drug-likeness (QED) is 0.163. The zero-order valence-electron chi connectivity index (χ0n) is 31.1. The summed E-state index contributed by atoms with van der Waals surface area (Å²) in [6.45, 7) is 0. The Morgan fingerprint density at radius 3 is 1.63 bits per heavy atom. The fraction of sp³-hybridized carbons (Fsp3) is 0. The number of hydrogen-bond donors (Lipinski definition) is 0. The molecular formula is C54H36N2O. The van der Waals surface area contributed by atoms with Crippen LogP contribution >= 0.6 is 0 Å². The van der Waals surface area contributed by atoms with Crippen LogP contribution in [-0.4, -0.2) is 4.57 Å². The number of fused-ring (bicyclic) bond motifs is 6. The molecule has 3 nitrogen and oxygen atoms in total. The molecule has 0 N–H and O–H groups in total. The molecule has 11 rings (SSSR count). The van der Waals surface area contributed by atoms with Crippen LogP contribution in [-0.2, 0) is 0 Å². The van der Waals surface area contributed by atoms with Crippen molar-refractivity contribution in [1.29, 1.82) is 0 Å². The van der Waals surface area contributed by atoms with E-state index in [1.54, 1.807) is 0 Å². The summed E-state index contributed by atoms with van der Waals surface area (Å²) in [5.74, 6) is 0. The summed E-state index contributed by atoms with van der Waals surface area (Å²) < 4.78 is 9.38. The van der Waals surface area contributed by atoms with Gasteiger partial charge in [0.2, 0.25) is 0 Å². The van der Waals surface area contributed by atoms with Gasteiger partial charge in [0, 0.05) is 38.5 Å². The van der Waals surface area contributed by atoms with Crippen molar-refractivity contribution in [2.45, 2.75) is 0 Å². The Morgan fingerprint density at radius 1 is 0.351 bits per heavy atom. The predicted molar refractivity (Wildman–Crippen MR) is 239 cm³/mol. The fourth-order valence-corrected chi connectivity index (χ4v) is 8.66. The molecule has 9 aromatic carbocycles. The van der Waals surface area contributed by atoms with E-state index < -0.39 is 0 Å². The highest BCUT2D eigenvalue weighted by Gasteiger charge is 2.25. The Morgan fingerprint density at radius 2 is 0.895 bits per heavy atom. The largest absolute Gasteiger partial charge is 0.455 e. The van der Waals surface area contributed by atoms with Gasteiger partial charge in [-0.3, -0.25) is 0 Å². The number of para-hydroxylation sites is 6. The van der Waals surface area contributed by atoms with E-state index in [-0.39, 0.29) is 0 Å². The van der Waals surface area contributed by atoms with Crippen molar-refractivity contribution >= 4 is 60.8 Å². The third kappa shape index (κ3) is 5.43. The highest BCUT2D eigenvalue weighted by Crippen LogP contribution is 2.49.